The van der Waals surface area contributed by atoms with E-state index in [2.05, 4.69) is 10.1 Å². The van der Waals surface area contributed by atoms with Crippen LogP contribution >= 0.6 is 11.6 Å². The molecule has 0 heterocycles. The Hall–Kier alpha value is -2.97. The van der Waals surface area contributed by atoms with Gasteiger partial charge in [0.25, 0.3) is 0 Å². The number of hydrogen-bond donors (Lipinski definition) is 1. The zero-order chi connectivity index (χ0) is 24.2. The van der Waals surface area contributed by atoms with E-state index < -0.39 is 16.4 Å². The van der Waals surface area contributed by atoms with Crippen LogP contribution in [0.25, 0.3) is 11.1 Å². The Morgan fingerprint density at radius 1 is 1.03 bits per heavy atom. The second-order valence-electron chi connectivity index (χ2n) is 7.32. The van der Waals surface area contributed by atoms with Crippen molar-refractivity contribution in [3.8, 4) is 16.9 Å². The summed E-state index contributed by atoms with van der Waals surface area (Å²) in [5, 5.41) is 3.07. The number of rotatable bonds is 8. The van der Waals surface area contributed by atoms with E-state index in [9.17, 15) is 22.0 Å². The molecule has 0 saturated heterocycles. The van der Waals surface area contributed by atoms with Crippen LogP contribution in [0.4, 0.5) is 14.5 Å². The van der Waals surface area contributed by atoms with Crippen molar-refractivity contribution in [1.82, 2.24) is 0 Å². The molecule has 0 atom stereocenters. The molecule has 0 aliphatic rings. The number of carbonyl (C=O) groups excluding carboxylic acids is 1. The summed E-state index contributed by atoms with van der Waals surface area (Å²) in [6, 6.07) is 15.8. The van der Waals surface area contributed by atoms with E-state index in [0.29, 0.717) is 22.4 Å². The van der Waals surface area contributed by atoms with Crippen LogP contribution in [0.15, 0.2) is 65.6 Å². The van der Waals surface area contributed by atoms with Crippen molar-refractivity contribution in [2.24, 2.45) is 0 Å². The Labute approximate surface area is 196 Å². The molecule has 33 heavy (non-hydrogen) atoms. The average Bonchev–Trinajstić information content (AvgIpc) is 2.74. The number of sulfone groups is 1. The van der Waals surface area contributed by atoms with E-state index in [-0.39, 0.29) is 33.7 Å². The van der Waals surface area contributed by atoms with E-state index in [1.165, 1.54) is 18.2 Å². The molecule has 1 N–H and O–H groups in total. The highest BCUT2D eigenvalue weighted by molar-refractivity contribution is 7.91. The summed E-state index contributed by atoms with van der Waals surface area (Å²) in [7, 11) is -3.29. The lowest BCUT2D eigenvalue weighted by Crippen LogP contribution is -2.14. The second kappa shape index (κ2) is 10.3. The molecule has 0 radical (unpaired) electrons. The van der Waals surface area contributed by atoms with Gasteiger partial charge in [-0.15, -0.1) is 0 Å². The monoisotopic (exact) mass is 493 g/mol. The van der Waals surface area contributed by atoms with E-state index in [1.807, 2.05) is 0 Å². The Kier molecular flexibility index (Phi) is 7.71. The molecule has 1 amide bonds. The summed E-state index contributed by atoms with van der Waals surface area (Å²) in [6.07, 6.45) is 0.0663. The summed E-state index contributed by atoms with van der Waals surface area (Å²) < 4.78 is 54.0. The zero-order valence-corrected chi connectivity index (χ0v) is 19.5. The molecule has 0 aliphatic heterocycles. The minimum atomic E-state index is -3.29. The number of ether oxygens (including phenoxy) is 1. The van der Waals surface area contributed by atoms with Crippen LogP contribution in [0.1, 0.15) is 18.1 Å². The Morgan fingerprint density at radius 2 is 1.70 bits per heavy atom. The van der Waals surface area contributed by atoms with E-state index in [1.54, 1.807) is 56.3 Å². The lowest BCUT2D eigenvalue weighted by Gasteiger charge is -2.14. The molecule has 0 aromatic heterocycles. The third-order valence-electron chi connectivity index (χ3n) is 4.99. The molecule has 5 nitrogen and oxygen atoms in total. The number of carbonyl (C=O) groups is 1. The number of amides is 1. The van der Waals surface area contributed by atoms with Crippen molar-refractivity contribution in [2.75, 3.05) is 11.1 Å². The second-order valence-corrected chi connectivity index (χ2v) is 10.0. The average molecular weight is 494 g/mol. The SMILES string of the molecule is CCS(=O)(=O)c1ccc(CC(=O)Nc2ccc(-c3ccc(Cl)cc3OC(F)F)c(C)c2)cc1. The maximum atomic E-state index is 12.8. The predicted molar refractivity (Wildman–Crippen MR) is 125 cm³/mol. The van der Waals surface area contributed by atoms with E-state index in [0.717, 1.165) is 5.56 Å². The van der Waals surface area contributed by atoms with Crippen molar-refractivity contribution >= 4 is 33.0 Å². The van der Waals surface area contributed by atoms with Crippen molar-refractivity contribution in [1.29, 1.82) is 0 Å². The highest BCUT2D eigenvalue weighted by Crippen LogP contribution is 2.36. The van der Waals surface area contributed by atoms with Gasteiger partial charge in [-0.1, -0.05) is 36.7 Å². The molecule has 174 valence electrons. The molecule has 0 aliphatic carbocycles. The molecule has 9 heteroatoms. The van der Waals surface area contributed by atoms with Crippen LogP contribution in [0.2, 0.25) is 5.02 Å². The van der Waals surface area contributed by atoms with Crippen molar-refractivity contribution < 1.29 is 26.7 Å². The van der Waals surface area contributed by atoms with E-state index in [4.69, 9.17) is 11.6 Å². The van der Waals surface area contributed by atoms with Crippen LogP contribution in [0, 0.1) is 6.92 Å². The number of aryl methyl sites for hydroxylation is 1. The summed E-state index contributed by atoms with van der Waals surface area (Å²) in [4.78, 5) is 12.7. The van der Waals surface area contributed by atoms with Gasteiger partial charge in [0, 0.05) is 16.3 Å². The van der Waals surface area contributed by atoms with Gasteiger partial charge in [0.2, 0.25) is 5.91 Å². The molecular formula is C24H22ClF2NO4S. The van der Waals surface area contributed by atoms with Crippen LogP contribution < -0.4 is 10.1 Å². The first-order chi connectivity index (χ1) is 15.6. The summed E-state index contributed by atoms with van der Waals surface area (Å²) >= 11 is 5.91. The molecule has 3 rings (SSSR count). The van der Waals surface area contributed by atoms with Gasteiger partial charge in [0.05, 0.1) is 17.1 Å². The molecule has 3 aromatic rings. The van der Waals surface area contributed by atoms with Crippen LogP contribution in [-0.4, -0.2) is 26.7 Å². The molecular weight excluding hydrogens is 472 g/mol. The third kappa shape index (κ3) is 6.30. The molecule has 0 fully saturated rings. The van der Waals surface area contributed by atoms with E-state index >= 15 is 0 Å². The van der Waals surface area contributed by atoms with Gasteiger partial charge in [0.1, 0.15) is 5.75 Å². The maximum absolute atomic E-state index is 12.8. The first kappa shape index (κ1) is 24.7. The molecule has 0 bridgehead atoms. The number of halogens is 3. The number of hydrogen-bond acceptors (Lipinski definition) is 4. The van der Waals surface area contributed by atoms with Crippen LogP contribution in [0.3, 0.4) is 0 Å². The van der Waals surface area contributed by atoms with Gasteiger partial charge in [-0.25, -0.2) is 8.42 Å². The quantitative estimate of drug-likeness (QED) is 0.424. The molecule has 0 unspecified atom stereocenters. The lowest BCUT2D eigenvalue weighted by atomic mass is 9.99. The molecule has 3 aromatic carbocycles. The first-order valence-corrected chi connectivity index (χ1v) is 12.1. The van der Waals surface area contributed by atoms with Crippen molar-refractivity contribution in [2.45, 2.75) is 31.8 Å². The Balaban J connectivity index is 1.74. The first-order valence-electron chi connectivity index (χ1n) is 10.1. The number of benzene rings is 3. The largest absolute Gasteiger partial charge is 0.434 e. The number of anilines is 1. The molecule has 0 spiro atoms. The predicted octanol–water partition coefficient (Wildman–Crippen LogP) is 5.89. The fourth-order valence-electron chi connectivity index (χ4n) is 3.33. The Bertz CT molecular complexity index is 1260. The highest BCUT2D eigenvalue weighted by Gasteiger charge is 2.15. The minimum absolute atomic E-state index is 0.00789. The van der Waals surface area contributed by atoms with Crippen molar-refractivity contribution in [3.63, 3.8) is 0 Å². The van der Waals surface area contributed by atoms with Gasteiger partial charge >= 0.3 is 6.61 Å². The van der Waals surface area contributed by atoms with Gasteiger partial charge in [-0.05, 0) is 66.1 Å². The highest BCUT2D eigenvalue weighted by atomic mass is 35.5. The van der Waals surface area contributed by atoms with Gasteiger partial charge in [0.15, 0.2) is 9.84 Å². The fourth-order valence-corrected chi connectivity index (χ4v) is 4.37. The third-order valence-corrected chi connectivity index (χ3v) is 6.97. The summed E-state index contributed by atoms with van der Waals surface area (Å²) in [5.74, 6) is -0.305. The smallest absolute Gasteiger partial charge is 0.387 e. The maximum Gasteiger partial charge on any atom is 0.387 e. The zero-order valence-electron chi connectivity index (χ0n) is 17.9. The van der Waals surface area contributed by atoms with Crippen LogP contribution in [0.5, 0.6) is 5.75 Å². The van der Waals surface area contributed by atoms with Crippen molar-refractivity contribution in [3.05, 3.63) is 76.8 Å². The number of nitrogens with one attached hydrogen (secondary N) is 1. The van der Waals surface area contributed by atoms with Gasteiger partial charge in [-0.2, -0.15) is 8.78 Å². The molecule has 0 saturated carbocycles. The standard InChI is InChI=1S/C24H22ClF2NO4S/c1-3-33(30,31)19-8-4-16(5-9-19)13-23(29)28-18-7-11-20(15(2)12-18)21-10-6-17(25)14-22(21)32-24(26)27/h4-12,14,24H,3,13H2,1-2H3,(H,28,29). The summed E-state index contributed by atoms with van der Waals surface area (Å²) in [5.41, 5.74) is 3.07. The minimum Gasteiger partial charge on any atom is -0.434 e. The van der Waals surface area contributed by atoms with Crippen LogP contribution in [-0.2, 0) is 21.1 Å². The van der Waals surface area contributed by atoms with Gasteiger partial charge in [-0.3, -0.25) is 4.79 Å². The fraction of sp³-hybridized carbons (Fsp3) is 0.208. The summed E-state index contributed by atoms with van der Waals surface area (Å²) in [6.45, 7) is 0.375. The Morgan fingerprint density at radius 3 is 2.30 bits per heavy atom. The van der Waals surface area contributed by atoms with Gasteiger partial charge < -0.3 is 10.1 Å². The number of alkyl halides is 2. The lowest BCUT2D eigenvalue weighted by molar-refractivity contribution is -0.115. The topological polar surface area (TPSA) is 72.5 Å². The normalized spacial score (nSPS) is 11.5.